The van der Waals surface area contributed by atoms with Gasteiger partial charge >= 0.3 is 0 Å². The lowest BCUT2D eigenvalue weighted by atomic mass is 9.71. The molecule has 6 aliphatic rings. The molecule has 0 radical (unpaired) electrons. The number of rotatable bonds is 17. The van der Waals surface area contributed by atoms with Crippen LogP contribution in [0.3, 0.4) is 0 Å². The summed E-state index contributed by atoms with van der Waals surface area (Å²) in [5, 5.41) is 5.63. The second kappa shape index (κ2) is 23.8. The number of pyridine rings is 1. The Labute approximate surface area is 453 Å². The van der Waals surface area contributed by atoms with Crippen LogP contribution < -0.4 is 21.1 Å². The number of amides is 5. The van der Waals surface area contributed by atoms with Gasteiger partial charge in [-0.15, -0.1) is 0 Å². The molecule has 3 N–H and O–H groups in total. The molecule has 0 bridgehead atoms. The fraction of sp³-hybridized carbons (Fsp3) is 0.541. The number of H-pyrrole nitrogens is 1. The summed E-state index contributed by atoms with van der Waals surface area (Å²) in [5.74, 6) is -1.73. The van der Waals surface area contributed by atoms with Crippen molar-refractivity contribution in [2.75, 3.05) is 88.8 Å². The molecular weight excluding hydrogens is 971 g/mol. The summed E-state index contributed by atoms with van der Waals surface area (Å²) < 4.78 is 6.11. The van der Waals surface area contributed by atoms with Gasteiger partial charge < -0.3 is 29.7 Å². The lowest BCUT2D eigenvalue weighted by Crippen LogP contribution is -2.54. The average molecular weight is 1050 g/mol. The molecule has 16 heteroatoms. The number of benzene rings is 3. The minimum Gasteiger partial charge on any atom is -0.384 e. The lowest BCUT2D eigenvalue weighted by molar-refractivity contribution is -0.137. The first kappa shape index (κ1) is 54.2. The third kappa shape index (κ3) is 12.3. The molecule has 1 aromatic heterocycles. The zero-order chi connectivity index (χ0) is 53.8. The predicted molar refractivity (Wildman–Crippen MR) is 299 cm³/mol. The van der Waals surface area contributed by atoms with Gasteiger partial charge in [0.15, 0.2) is 0 Å². The molecule has 10 rings (SSSR count). The molecule has 5 saturated heterocycles. The molecule has 5 fully saturated rings. The molecule has 4 aromatic rings. The number of aryl methyl sites for hydroxylation is 3. The Morgan fingerprint density at radius 1 is 0.779 bits per heavy atom. The summed E-state index contributed by atoms with van der Waals surface area (Å²) in [6.07, 6.45) is 9.64. The van der Waals surface area contributed by atoms with Gasteiger partial charge in [-0.05, 0) is 162 Å². The molecule has 410 valence electrons. The summed E-state index contributed by atoms with van der Waals surface area (Å²) in [4.78, 5) is 93.9. The van der Waals surface area contributed by atoms with Gasteiger partial charge in [-0.2, -0.15) is 0 Å². The fourth-order valence-corrected chi connectivity index (χ4v) is 13.0. The molecule has 77 heavy (non-hydrogen) atoms. The number of carbonyl (C=O) groups excluding carboxylic acids is 5. The maximum atomic E-state index is 13.6. The number of ether oxygens (including phenoxy) is 1. The number of hydrogen-bond donors (Lipinski definition) is 3. The first-order chi connectivity index (χ1) is 37.2. The first-order valence-electron chi connectivity index (χ1n) is 28.6. The second-order valence-electron chi connectivity index (χ2n) is 22.9. The van der Waals surface area contributed by atoms with Crippen LogP contribution in [0.2, 0.25) is 0 Å². The van der Waals surface area contributed by atoms with Crippen molar-refractivity contribution in [1.29, 1.82) is 0 Å². The fourth-order valence-electron chi connectivity index (χ4n) is 13.0. The van der Waals surface area contributed by atoms with Crippen molar-refractivity contribution in [2.24, 2.45) is 5.41 Å². The summed E-state index contributed by atoms with van der Waals surface area (Å²) in [6.45, 7) is 20.1. The highest BCUT2D eigenvalue weighted by molar-refractivity contribution is 6.25. The van der Waals surface area contributed by atoms with Crippen LogP contribution in [-0.2, 0) is 32.2 Å². The Kier molecular flexibility index (Phi) is 16.7. The van der Waals surface area contributed by atoms with Crippen molar-refractivity contribution in [3.8, 4) is 11.1 Å². The van der Waals surface area contributed by atoms with Crippen LogP contribution in [0.15, 0.2) is 71.5 Å². The van der Waals surface area contributed by atoms with Crippen molar-refractivity contribution < 1.29 is 28.7 Å². The highest BCUT2D eigenvalue weighted by Gasteiger charge is 2.46. The number of hydrogen-bond acceptors (Lipinski definition) is 12. The Hall–Kier alpha value is -6.20. The van der Waals surface area contributed by atoms with Gasteiger partial charge in [0.2, 0.25) is 17.7 Å². The largest absolute Gasteiger partial charge is 0.384 e. The van der Waals surface area contributed by atoms with E-state index >= 15 is 0 Å². The molecule has 1 spiro atoms. The van der Waals surface area contributed by atoms with Gasteiger partial charge in [0.1, 0.15) is 6.04 Å². The topological polar surface area (TPSA) is 171 Å². The summed E-state index contributed by atoms with van der Waals surface area (Å²) in [6, 6.07) is 22.3. The number of nitrogens with zero attached hydrogens (tertiary/aromatic N) is 6. The highest BCUT2D eigenvalue weighted by Crippen LogP contribution is 2.42. The third-order valence-electron chi connectivity index (χ3n) is 17.9. The van der Waals surface area contributed by atoms with E-state index in [2.05, 4.69) is 102 Å². The number of nitrogens with one attached hydrogen (secondary N) is 3. The van der Waals surface area contributed by atoms with Gasteiger partial charge in [0, 0.05) is 101 Å². The van der Waals surface area contributed by atoms with Gasteiger partial charge in [-0.25, -0.2) is 0 Å². The van der Waals surface area contributed by atoms with E-state index in [9.17, 15) is 28.8 Å². The van der Waals surface area contributed by atoms with E-state index in [-0.39, 0.29) is 42.0 Å². The molecule has 7 heterocycles. The van der Waals surface area contributed by atoms with Crippen molar-refractivity contribution >= 4 is 40.9 Å². The zero-order valence-electron chi connectivity index (χ0n) is 45.8. The minimum absolute atomic E-state index is 0.00878. The zero-order valence-corrected chi connectivity index (χ0v) is 45.8. The van der Waals surface area contributed by atoms with Crippen molar-refractivity contribution in [2.45, 2.75) is 130 Å². The van der Waals surface area contributed by atoms with Crippen molar-refractivity contribution in [3.05, 3.63) is 116 Å². The van der Waals surface area contributed by atoms with E-state index in [4.69, 9.17) is 4.74 Å². The lowest BCUT2D eigenvalue weighted by Gasteiger charge is -2.47. The number of aromatic amines is 1. The molecule has 5 amide bonds. The number of unbranched alkanes of at least 4 members (excludes halogenated alkanes) is 1. The predicted octanol–water partition coefficient (Wildman–Crippen LogP) is 7.05. The summed E-state index contributed by atoms with van der Waals surface area (Å²) in [5.41, 5.74) is 10.2. The van der Waals surface area contributed by atoms with Crippen LogP contribution in [0.25, 0.3) is 11.1 Å². The highest BCUT2D eigenvalue weighted by atomic mass is 16.5. The van der Waals surface area contributed by atoms with Crippen LogP contribution in [0.5, 0.6) is 0 Å². The molecule has 3 atom stereocenters. The number of piperidine rings is 3. The number of piperazine rings is 1. The average Bonchev–Trinajstić information content (AvgIpc) is 3.71. The van der Waals surface area contributed by atoms with E-state index in [1.54, 1.807) is 18.2 Å². The molecule has 3 aromatic carbocycles. The third-order valence-corrected chi connectivity index (χ3v) is 17.9. The Morgan fingerprint density at radius 2 is 1.51 bits per heavy atom. The van der Waals surface area contributed by atoms with Gasteiger partial charge in [0.05, 0.1) is 23.8 Å². The van der Waals surface area contributed by atoms with Gasteiger partial charge in [0.25, 0.3) is 17.4 Å². The first-order valence-corrected chi connectivity index (χ1v) is 28.6. The summed E-state index contributed by atoms with van der Waals surface area (Å²) >= 11 is 0. The standard InChI is InChI=1S/C61H79N9O7/c1-5-48-37-47(19-34-77-48)69(39-50-42(3)35-43(4)63-57(50)73)53-36-46(14-11-41(53)2)45-15-12-44(13-16-45)38-66-30-32-67(33-31-66)40-55(72)68-28-22-61(23-29-68)20-26-65(27-21-61)25-7-6-24-62-51-10-8-9-49-56(51)60(76)70(59(49)75)52-17-18-54(71)64-58(52)74/h8-16,35-36,47-48,52,62H,5-7,17-34,37-40H2,1-4H3,(H,63,73)(H,64,71,74). The Balaban J connectivity index is 0.637. The van der Waals surface area contributed by atoms with Crippen LogP contribution in [-0.4, -0.2) is 156 Å². The maximum absolute atomic E-state index is 13.6. The second-order valence-corrected chi connectivity index (χ2v) is 22.9. The van der Waals surface area contributed by atoms with Crippen LogP contribution >= 0.6 is 0 Å². The van der Waals surface area contributed by atoms with Crippen LogP contribution in [0, 0.1) is 26.2 Å². The SMILES string of the molecule is CCC1CC(N(Cc2c(C)cc(C)[nH]c2=O)c2cc(-c3ccc(CN4CCN(CC(=O)N5CCC6(CCN(CCCCNc7cccc8c7C(=O)N(C7CCC(=O)NC7=O)C8=O)CC6)CC5)CC4)cc3)ccc2C)CCO1. The van der Waals surface area contributed by atoms with E-state index in [1.807, 2.05) is 13.8 Å². The van der Waals surface area contributed by atoms with Gasteiger partial charge in [-0.1, -0.05) is 49.4 Å². The van der Waals surface area contributed by atoms with Crippen molar-refractivity contribution in [3.63, 3.8) is 0 Å². The Morgan fingerprint density at radius 3 is 2.23 bits per heavy atom. The normalized spacial score (nSPS) is 22.4. The van der Waals surface area contributed by atoms with E-state index in [1.165, 1.54) is 22.4 Å². The number of imide groups is 2. The van der Waals surface area contributed by atoms with Gasteiger partial charge in [-0.3, -0.25) is 48.8 Å². The maximum Gasteiger partial charge on any atom is 0.264 e. The van der Waals surface area contributed by atoms with E-state index < -0.39 is 29.7 Å². The number of aromatic nitrogens is 1. The number of likely N-dealkylation sites (tertiary alicyclic amines) is 2. The molecule has 0 aliphatic carbocycles. The molecule has 0 saturated carbocycles. The number of fused-ring (bicyclic) bond motifs is 1. The number of anilines is 2. The number of carbonyl (C=O) groups is 5. The van der Waals surface area contributed by atoms with E-state index in [0.717, 1.165) is 157 Å². The molecule has 6 aliphatic heterocycles. The van der Waals surface area contributed by atoms with Crippen molar-refractivity contribution in [1.82, 2.24) is 34.8 Å². The smallest absolute Gasteiger partial charge is 0.264 e. The Bertz CT molecular complexity index is 2880. The monoisotopic (exact) mass is 1050 g/mol. The van der Waals surface area contributed by atoms with Crippen LogP contribution in [0.4, 0.5) is 11.4 Å². The van der Waals surface area contributed by atoms with Crippen LogP contribution in [0.1, 0.15) is 126 Å². The molecule has 3 unspecified atom stereocenters. The molecular formula is C61H79N9O7. The minimum atomic E-state index is -0.983. The summed E-state index contributed by atoms with van der Waals surface area (Å²) in [7, 11) is 0. The van der Waals surface area contributed by atoms with E-state index in [0.29, 0.717) is 36.3 Å². The quantitative estimate of drug-likeness (QED) is 0.0729. The molecule has 16 nitrogen and oxygen atoms in total.